The molecule has 104 valence electrons. The van der Waals surface area contributed by atoms with Gasteiger partial charge in [-0.15, -0.1) is 11.3 Å². The van der Waals surface area contributed by atoms with Gasteiger partial charge >= 0.3 is 0 Å². The Balaban J connectivity index is 1.88. The number of hydrogen-bond acceptors (Lipinski definition) is 5. The molecule has 1 fully saturated rings. The third-order valence-corrected chi connectivity index (χ3v) is 6.06. The van der Waals surface area contributed by atoms with Gasteiger partial charge in [0, 0.05) is 19.1 Å². The van der Waals surface area contributed by atoms with E-state index in [0.29, 0.717) is 17.5 Å². The van der Waals surface area contributed by atoms with Crippen LogP contribution in [0.3, 0.4) is 0 Å². The van der Waals surface area contributed by atoms with Gasteiger partial charge in [0.05, 0.1) is 0 Å². The van der Waals surface area contributed by atoms with Gasteiger partial charge in [-0.3, -0.25) is 4.90 Å². The van der Waals surface area contributed by atoms with E-state index in [1.807, 2.05) is 6.07 Å². The minimum absolute atomic E-state index is 0.207. The second kappa shape index (κ2) is 6.01. The Morgan fingerprint density at radius 1 is 1.53 bits per heavy atom. The topological polar surface area (TPSA) is 73.2 Å². The summed E-state index contributed by atoms with van der Waals surface area (Å²) in [5, 5.41) is 8.70. The first-order valence-corrected chi connectivity index (χ1v) is 8.60. The summed E-state index contributed by atoms with van der Waals surface area (Å²) in [5.41, 5.74) is 0. The Bertz CT molecular complexity index is 570. The van der Waals surface area contributed by atoms with E-state index in [4.69, 9.17) is 5.26 Å². The zero-order valence-electron chi connectivity index (χ0n) is 10.8. The van der Waals surface area contributed by atoms with Gasteiger partial charge < -0.3 is 0 Å². The van der Waals surface area contributed by atoms with Gasteiger partial charge in [-0.25, -0.2) is 13.1 Å². The molecule has 0 radical (unpaired) electrons. The molecule has 1 aromatic heterocycles. The first-order valence-electron chi connectivity index (χ1n) is 6.30. The van der Waals surface area contributed by atoms with Crippen LogP contribution in [0.2, 0.25) is 0 Å². The van der Waals surface area contributed by atoms with E-state index in [0.717, 1.165) is 24.4 Å². The highest BCUT2D eigenvalue weighted by molar-refractivity contribution is 7.91. The summed E-state index contributed by atoms with van der Waals surface area (Å²) in [4.78, 5) is 2.70. The van der Waals surface area contributed by atoms with Crippen molar-refractivity contribution in [2.24, 2.45) is 0 Å². The molecular weight excluding hydrogens is 282 g/mol. The van der Waals surface area contributed by atoms with Crippen molar-refractivity contribution in [2.45, 2.75) is 30.0 Å². The summed E-state index contributed by atoms with van der Waals surface area (Å²) >= 11 is 0.998. The Kier molecular flexibility index (Phi) is 4.58. The van der Waals surface area contributed by atoms with Crippen LogP contribution in [0.5, 0.6) is 0 Å². The maximum absolute atomic E-state index is 12.0. The van der Waals surface area contributed by atoms with Crippen molar-refractivity contribution in [3.8, 4) is 6.07 Å². The number of nitrogens with one attached hydrogen (secondary N) is 1. The van der Waals surface area contributed by atoms with Gasteiger partial charge in [0.1, 0.15) is 15.2 Å². The molecule has 5 nitrogen and oxygen atoms in total. The van der Waals surface area contributed by atoms with E-state index in [1.54, 1.807) is 0 Å². The molecule has 0 aromatic carbocycles. The molecule has 0 unspecified atom stereocenters. The fourth-order valence-electron chi connectivity index (χ4n) is 1.96. The standard InChI is InChI=1S/C12H17N3O2S2/c1-2-15(10-3-4-10)8-7-14-19(16,17)12-6-5-11(9-13)18-12/h5-6,10,14H,2-4,7-8H2,1H3. The summed E-state index contributed by atoms with van der Waals surface area (Å²) in [5.74, 6) is 0. The first kappa shape index (κ1) is 14.5. The second-order valence-electron chi connectivity index (χ2n) is 4.49. The maximum atomic E-state index is 12.0. The van der Waals surface area contributed by atoms with Crippen molar-refractivity contribution in [1.29, 1.82) is 5.26 Å². The molecule has 0 atom stereocenters. The molecule has 1 N–H and O–H groups in total. The van der Waals surface area contributed by atoms with Crippen LogP contribution in [0, 0.1) is 11.3 Å². The van der Waals surface area contributed by atoms with Crippen LogP contribution in [0.1, 0.15) is 24.6 Å². The van der Waals surface area contributed by atoms with E-state index in [2.05, 4.69) is 16.5 Å². The van der Waals surface area contributed by atoms with E-state index < -0.39 is 10.0 Å². The van der Waals surface area contributed by atoms with Gasteiger partial charge in [-0.2, -0.15) is 5.26 Å². The minimum atomic E-state index is -3.47. The zero-order valence-corrected chi connectivity index (χ0v) is 12.4. The number of rotatable bonds is 7. The molecule has 0 spiro atoms. The molecule has 0 aliphatic heterocycles. The van der Waals surface area contributed by atoms with Gasteiger partial charge in [-0.05, 0) is 31.5 Å². The van der Waals surface area contributed by atoms with E-state index in [-0.39, 0.29) is 4.21 Å². The Labute approximate surface area is 117 Å². The summed E-state index contributed by atoms with van der Waals surface area (Å²) in [7, 11) is -3.47. The smallest absolute Gasteiger partial charge is 0.250 e. The lowest BCUT2D eigenvalue weighted by Gasteiger charge is -2.19. The number of nitrogens with zero attached hydrogens (tertiary/aromatic N) is 2. The quantitative estimate of drug-likeness (QED) is 0.825. The molecule has 0 bridgehead atoms. The SMILES string of the molecule is CCN(CCNS(=O)(=O)c1ccc(C#N)s1)C1CC1. The summed E-state index contributed by atoms with van der Waals surface area (Å²) in [6.07, 6.45) is 2.44. The highest BCUT2D eigenvalue weighted by Crippen LogP contribution is 2.26. The highest BCUT2D eigenvalue weighted by Gasteiger charge is 2.27. The molecule has 1 aliphatic rings. The molecule has 2 rings (SSSR count). The number of nitriles is 1. The molecule has 1 heterocycles. The first-order chi connectivity index (χ1) is 9.06. The monoisotopic (exact) mass is 299 g/mol. The van der Waals surface area contributed by atoms with Crippen LogP contribution in [0.25, 0.3) is 0 Å². The molecular formula is C12H17N3O2S2. The average Bonchev–Trinajstić information content (AvgIpc) is 3.10. The average molecular weight is 299 g/mol. The Morgan fingerprint density at radius 2 is 2.26 bits per heavy atom. The lowest BCUT2D eigenvalue weighted by atomic mass is 10.4. The van der Waals surface area contributed by atoms with Crippen LogP contribution in [0.15, 0.2) is 16.3 Å². The summed E-state index contributed by atoms with van der Waals surface area (Å²) < 4.78 is 26.8. The van der Waals surface area contributed by atoms with Gasteiger partial charge in [0.25, 0.3) is 0 Å². The van der Waals surface area contributed by atoms with Gasteiger partial charge in [-0.1, -0.05) is 6.92 Å². The van der Waals surface area contributed by atoms with Crippen molar-refractivity contribution in [1.82, 2.24) is 9.62 Å². The third-order valence-electron chi connectivity index (χ3n) is 3.12. The summed E-state index contributed by atoms with van der Waals surface area (Å²) in [6, 6.07) is 5.59. The molecule has 1 saturated carbocycles. The number of hydrogen-bond donors (Lipinski definition) is 1. The van der Waals surface area contributed by atoms with Crippen molar-refractivity contribution >= 4 is 21.4 Å². The van der Waals surface area contributed by atoms with Crippen molar-refractivity contribution in [2.75, 3.05) is 19.6 Å². The van der Waals surface area contributed by atoms with Gasteiger partial charge in [0.2, 0.25) is 10.0 Å². The molecule has 1 aromatic rings. The van der Waals surface area contributed by atoms with E-state index in [9.17, 15) is 8.42 Å². The summed E-state index contributed by atoms with van der Waals surface area (Å²) in [6.45, 7) is 4.18. The lowest BCUT2D eigenvalue weighted by Crippen LogP contribution is -2.35. The molecule has 7 heteroatoms. The highest BCUT2D eigenvalue weighted by atomic mass is 32.2. The Hall–Kier alpha value is -0.940. The van der Waals surface area contributed by atoms with Crippen LogP contribution < -0.4 is 4.72 Å². The lowest BCUT2D eigenvalue weighted by molar-refractivity contribution is 0.282. The van der Waals surface area contributed by atoms with E-state index >= 15 is 0 Å². The second-order valence-corrected chi connectivity index (χ2v) is 7.57. The molecule has 0 saturated heterocycles. The molecule has 0 amide bonds. The van der Waals surface area contributed by atoms with Crippen LogP contribution in [-0.2, 0) is 10.0 Å². The Morgan fingerprint density at radius 3 is 2.79 bits per heavy atom. The van der Waals surface area contributed by atoms with Crippen LogP contribution in [-0.4, -0.2) is 39.0 Å². The zero-order chi connectivity index (χ0) is 13.9. The normalized spacial score (nSPS) is 15.6. The van der Waals surface area contributed by atoms with Crippen molar-refractivity contribution in [3.63, 3.8) is 0 Å². The maximum Gasteiger partial charge on any atom is 0.250 e. The van der Waals surface area contributed by atoms with Gasteiger partial charge in [0.15, 0.2) is 0 Å². The fraction of sp³-hybridized carbons (Fsp3) is 0.583. The van der Waals surface area contributed by atoms with E-state index in [1.165, 1.54) is 25.0 Å². The third kappa shape index (κ3) is 3.76. The van der Waals surface area contributed by atoms with Crippen LogP contribution in [0.4, 0.5) is 0 Å². The number of sulfonamides is 1. The number of likely N-dealkylation sites (N-methyl/N-ethyl adjacent to an activating group) is 1. The molecule has 1 aliphatic carbocycles. The van der Waals surface area contributed by atoms with Crippen molar-refractivity contribution < 1.29 is 8.42 Å². The number of thiophene rings is 1. The predicted octanol–water partition coefficient (Wildman–Crippen LogP) is 1.38. The minimum Gasteiger partial charge on any atom is -0.299 e. The molecule has 19 heavy (non-hydrogen) atoms. The predicted molar refractivity (Wildman–Crippen MR) is 74.5 cm³/mol. The van der Waals surface area contributed by atoms with Crippen LogP contribution >= 0.6 is 11.3 Å². The fourth-order valence-corrected chi connectivity index (χ4v) is 4.13. The van der Waals surface area contributed by atoms with Crippen molar-refractivity contribution in [3.05, 3.63) is 17.0 Å². The largest absolute Gasteiger partial charge is 0.299 e.